The van der Waals surface area contributed by atoms with Gasteiger partial charge in [-0.1, -0.05) is 26.1 Å². The molecule has 0 saturated heterocycles. The topological polar surface area (TPSA) is 84.0 Å². The maximum absolute atomic E-state index is 12.8. The summed E-state index contributed by atoms with van der Waals surface area (Å²) in [5, 5.41) is 0. The molecule has 0 aliphatic rings. The Morgan fingerprint density at radius 2 is 1.79 bits per heavy atom. The lowest BCUT2D eigenvalue weighted by atomic mass is 9.99. The third-order valence-electron chi connectivity index (χ3n) is 3.72. The van der Waals surface area contributed by atoms with Crippen LogP contribution in [0.1, 0.15) is 62.8 Å². The lowest BCUT2D eigenvalue weighted by Crippen LogP contribution is -2.25. The number of carbonyl (C=O) groups is 2. The lowest BCUT2D eigenvalue weighted by Gasteiger charge is -2.17. The van der Waals surface area contributed by atoms with Gasteiger partial charge in [-0.25, -0.2) is 14.6 Å². The normalized spacial score (nSPS) is 12.2. The fourth-order valence-corrected chi connectivity index (χ4v) is 2.32. The third kappa shape index (κ3) is 7.44. The Bertz CT molecular complexity index is 810. The Morgan fingerprint density at radius 1 is 1.14 bits per heavy atom. The minimum Gasteiger partial charge on any atom is -0.497 e. The molecule has 1 unspecified atom stereocenters. The summed E-state index contributed by atoms with van der Waals surface area (Å²) in [7, 11) is 1.51. The van der Waals surface area contributed by atoms with Crippen LogP contribution in [0.5, 0.6) is 0 Å². The summed E-state index contributed by atoms with van der Waals surface area (Å²) in [4.78, 5) is 28.8. The van der Waals surface area contributed by atoms with Gasteiger partial charge in [0.2, 0.25) is 6.29 Å². The highest BCUT2D eigenvalue weighted by Gasteiger charge is 2.23. The SMILES string of the molecule is C=C(/C=C(\CC)c1ccc(C(=C)C)nc1C(=O)OC(C)OC(=O)OC(C)C)OC. The number of methoxy groups -OCH3 is 1. The zero-order valence-corrected chi connectivity index (χ0v) is 17.9. The standard InChI is InChI=1S/C22H29NO6/c1-9-17(12-15(6)26-8)18-10-11-19(13(2)3)23-20(18)21(24)28-16(7)29-22(25)27-14(4)5/h10-12,14,16H,2,6,9H2,1,3-5,7-8H3/b17-12+. The van der Waals surface area contributed by atoms with Crippen molar-refractivity contribution in [2.45, 2.75) is 53.4 Å². The highest BCUT2D eigenvalue weighted by atomic mass is 16.8. The molecule has 7 nitrogen and oxygen atoms in total. The van der Waals surface area contributed by atoms with E-state index in [1.54, 1.807) is 39.0 Å². The molecule has 1 heterocycles. The first-order valence-corrected chi connectivity index (χ1v) is 9.28. The van der Waals surface area contributed by atoms with Gasteiger partial charge in [-0.05, 0) is 50.5 Å². The fourth-order valence-electron chi connectivity index (χ4n) is 2.32. The van der Waals surface area contributed by atoms with Gasteiger partial charge in [0.25, 0.3) is 0 Å². The molecule has 0 aromatic carbocycles. The summed E-state index contributed by atoms with van der Waals surface area (Å²) in [6.45, 7) is 16.2. The van der Waals surface area contributed by atoms with E-state index in [0.29, 0.717) is 29.0 Å². The molecule has 1 aromatic heterocycles. The van der Waals surface area contributed by atoms with E-state index in [-0.39, 0.29) is 11.8 Å². The number of hydrogen-bond acceptors (Lipinski definition) is 7. The van der Waals surface area contributed by atoms with Gasteiger partial charge in [0, 0.05) is 12.5 Å². The second kappa shape index (κ2) is 11.0. The predicted octanol–water partition coefficient (Wildman–Crippen LogP) is 5.13. The molecule has 0 aliphatic heterocycles. The van der Waals surface area contributed by atoms with Crippen molar-refractivity contribution < 1.29 is 28.5 Å². The van der Waals surface area contributed by atoms with Crippen LogP contribution in [0.25, 0.3) is 11.1 Å². The molecule has 7 heteroatoms. The summed E-state index contributed by atoms with van der Waals surface area (Å²) >= 11 is 0. The molecule has 1 rings (SSSR count). The van der Waals surface area contributed by atoms with E-state index in [0.717, 1.165) is 5.57 Å². The second-order valence-electron chi connectivity index (χ2n) is 6.57. The van der Waals surface area contributed by atoms with E-state index in [2.05, 4.69) is 18.1 Å². The van der Waals surface area contributed by atoms with Gasteiger partial charge in [-0.15, -0.1) is 0 Å². The summed E-state index contributed by atoms with van der Waals surface area (Å²) < 4.78 is 20.2. The maximum atomic E-state index is 12.8. The number of nitrogens with zero attached hydrogens (tertiary/aromatic N) is 1. The molecule has 0 radical (unpaired) electrons. The molecule has 158 valence electrons. The number of rotatable bonds is 9. The largest absolute Gasteiger partial charge is 0.511 e. The van der Waals surface area contributed by atoms with Gasteiger partial charge in [0.1, 0.15) is 5.76 Å². The Hall–Kier alpha value is -3.09. The average molecular weight is 403 g/mol. The van der Waals surface area contributed by atoms with Crippen LogP contribution < -0.4 is 0 Å². The smallest absolute Gasteiger partial charge is 0.497 e. The minimum atomic E-state index is -1.15. The van der Waals surface area contributed by atoms with Gasteiger partial charge in [0.15, 0.2) is 5.69 Å². The molecule has 1 atom stereocenters. The summed E-state index contributed by atoms with van der Waals surface area (Å²) in [6, 6.07) is 3.54. The first-order chi connectivity index (χ1) is 13.6. The highest BCUT2D eigenvalue weighted by Crippen LogP contribution is 2.25. The van der Waals surface area contributed by atoms with Crippen LogP contribution in [0.4, 0.5) is 4.79 Å². The number of pyridine rings is 1. The van der Waals surface area contributed by atoms with Crippen LogP contribution in [-0.2, 0) is 18.9 Å². The van der Waals surface area contributed by atoms with Crippen molar-refractivity contribution in [2.24, 2.45) is 0 Å². The van der Waals surface area contributed by atoms with Crippen molar-refractivity contribution in [1.82, 2.24) is 4.98 Å². The van der Waals surface area contributed by atoms with Gasteiger partial charge < -0.3 is 18.9 Å². The van der Waals surface area contributed by atoms with Crippen molar-refractivity contribution in [3.05, 3.63) is 54.1 Å². The summed E-state index contributed by atoms with van der Waals surface area (Å²) in [5.41, 5.74) is 2.68. The van der Waals surface area contributed by atoms with Crippen molar-refractivity contribution in [2.75, 3.05) is 7.11 Å². The van der Waals surface area contributed by atoms with Crippen LogP contribution >= 0.6 is 0 Å². The first-order valence-electron chi connectivity index (χ1n) is 9.28. The quantitative estimate of drug-likeness (QED) is 0.244. The zero-order valence-electron chi connectivity index (χ0n) is 17.9. The predicted molar refractivity (Wildman–Crippen MR) is 111 cm³/mol. The fraction of sp³-hybridized carbons (Fsp3) is 0.409. The Morgan fingerprint density at radius 3 is 2.31 bits per heavy atom. The molecule has 0 bridgehead atoms. The second-order valence-corrected chi connectivity index (χ2v) is 6.57. The molecule has 0 saturated carbocycles. The first kappa shape index (κ1) is 23.9. The van der Waals surface area contributed by atoms with Gasteiger partial charge >= 0.3 is 12.1 Å². The Kier molecular flexibility index (Phi) is 9.12. The van der Waals surface area contributed by atoms with Gasteiger partial charge in [0.05, 0.1) is 18.9 Å². The van der Waals surface area contributed by atoms with Crippen LogP contribution in [-0.4, -0.2) is 36.6 Å². The van der Waals surface area contributed by atoms with E-state index in [1.165, 1.54) is 14.0 Å². The number of aromatic nitrogens is 1. The van der Waals surface area contributed by atoms with Gasteiger partial charge in [-0.2, -0.15) is 0 Å². The number of carbonyl (C=O) groups excluding carboxylic acids is 2. The van der Waals surface area contributed by atoms with Crippen LogP contribution in [0.3, 0.4) is 0 Å². The Labute approximate surface area is 172 Å². The third-order valence-corrected chi connectivity index (χ3v) is 3.72. The van der Waals surface area contributed by atoms with Crippen molar-refractivity contribution in [3.8, 4) is 0 Å². The average Bonchev–Trinajstić information content (AvgIpc) is 2.64. The zero-order chi connectivity index (χ0) is 22.1. The number of ether oxygens (including phenoxy) is 4. The summed E-state index contributed by atoms with van der Waals surface area (Å²) in [5.74, 6) is -0.298. The van der Waals surface area contributed by atoms with Crippen LogP contribution in [0, 0.1) is 0 Å². The highest BCUT2D eigenvalue weighted by molar-refractivity contribution is 5.94. The van der Waals surface area contributed by atoms with E-state index >= 15 is 0 Å². The van der Waals surface area contributed by atoms with Gasteiger partial charge in [-0.3, -0.25) is 0 Å². The van der Waals surface area contributed by atoms with Crippen molar-refractivity contribution >= 4 is 23.3 Å². The van der Waals surface area contributed by atoms with Crippen LogP contribution in [0.15, 0.2) is 37.1 Å². The molecule has 0 fully saturated rings. The molecule has 0 spiro atoms. The number of hydrogen-bond donors (Lipinski definition) is 0. The molecule has 0 N–H and O–H groups in total. The maximum Gasteiger partial charge on any atom is 0.511 e. The monoisotopic (exact) mass is 403 g/mol. The van der Waals surface area contributed by atoms with Crippen molar-refractivity contribution in [1.29, 1.82) is 0 Å². The molecule has 0 amide bonds. The van der Waals surface area contributed by atoms with E-state index < -0.39 is 18.4 Å². The van der Waals surface area contributed by atoms with Crippen molar-refractivity contribution in [3.63, 3.8) is 0 Å². The number of esters is 1. The molecule has 0 aliphatic carbocycles. The Balaban J connectivity index is 3.22. The van der Waals surface area contributed by atoms with E-state index in [9.17, 15) is 9.59 Å². The van der Waals surface area contributed by atoms with Crippen LogP contribution in [0.2, 0.25) is 0 Å². The molecular formula is C22H29NO6. The molecule has 29 heavy (non-hydrogen) atoms. The number of allylic oxidation sites excluding steroid dienone is 3. The minimum absolute atomic E-state index is 0.0789. The lowest BCUT2D eigenvalue weighted by molar-refractivity contribution is -0.0869. The molecular weight excluding hydrogens is 374 g/mol. The molecule has 1 aromatic rings. The van der Waals surface area contributed by atoms with E-state index in [4.69, 9.17) is 18.9 Å². The van der Waals surface area contributed by atoms with E-state index in [1.807, 2.05) is 6.92 Å². The summed E-state index contributed by atoms with van der Waals surface area (Å²) in [6.07, 6.45) is -0.0934.